The average Bonchev–Trinajstić information content (AvgIpc) is 2.84. The summed E-state index contributed by atoms with van der Waals surface area (Å²) in [5.74, 6) is -7.04. The molecule has 0 unspecified atom stereocenters. The zero-order valence-electron chi connectivity index (χ0n) is 22.6. The number of aliphatic carboxylic acids is 1. The number of carbonyl (C=O) groups is 6. The van der Waals surface area contributed by atoms with E-state index in [4.69, 9.17) is 28.0 Å². The first-order chi connectivity index (χ1) is 18.5. The maximum Gasteiger partial charge on any atom is 0.326 e. The van der Waals surface area contributed by atoms with Crippen LogP contribution < -0.4 is 44.2 Å². The standard InChI is InChI=1S/C22H41N9O9/c1-9(2)15(30-20(38)16(10(3)33)31-17(35)11(23)8-32)19(37)29-13(7-14(24)34)18(36)28-12(21(39)40)5-4-6-27-22(25)26/h9-13,15-16,32-33H,4-8,23H2,1-3H3,(H2,24,34)(H,28,36)(H,29,37)(H,30,38)(H,31,35)(H,39,40)(H4,25,26,27)/t10-,11+,12+,13+,15+,16+/m1/s1. The first kappa shape index (κ1) is 36.0. The van der Waals surface area contributed by atoms with Crippen LogP contribution in [0.15, 0.2) is 4.99 Å². The van der Waals surface area contributed by atoms with E-state index >= 15 is 0 Å². The molecule has 15 N–H and O–H groups in total. The Kier molecular flexibility index (Phi) is 15.8. The van der Waals surface area contributed by atoms with Crippen molar-refractivity contribution in [3.63, 3.8) is 0 Å². The largest absolute Gasteiger partial charge is 0.480 e. The predicted molar refractivity (Wildman–Crippen MR) is 141 cm³/mol. The fraction of sp³-hybridized carbons (Fsp3) is 0.682. The summed E-state index contributed by atoms with van der Waals surface area (Å²) in [6.07, 6.45) is -2.01. The van der Waals surface area contributed by atoms with Gasteiger partial charge < -0.3 is 59.5 Å². The van der Waals surface area contributed by atoms with Crippen molar-refractivity contribution in [3.8, 4) is 0 Å². The molecule has 5 amide bonds. The highest BCUT2D eigenvalue weighted by Crippen LogP contribution is 2.07. The van der Waals surface area contributed by atoms with Crippen LogP contribution in [-0.2, 0) is 28.8 Å². The lowest BCUT2D eigenvalue weighted by Crippen LogP contribution is -2.61. The van der Waals surface area contributed by atoms with E-state index in [9.17, 15) is 39.0 Å². The van der Waals surface area contributed by atoms with E-state index in [1.54, 1.807) is 13.8 Å². The van der Waals surface area contributed by atoms with Crippen LogP contribution >= 0.6 is 0 Å². The first-order valence-corrected chi connectivity index (χ1v) is 12.3. The van der Waals surface area contributed by atoms with Crippen LogP contribution in [0.5, 0.6) is 0 Å². The van der Waals surface area contributed by atoms with Gasteiger partial charge in [-0.2, -0.15) is 0 Å². The van der Waals surface area contributed by atoms with E-state index in [1.165, 1.54) is 6.92 Å². The Morgan fingerprint density at radius 1 is 0.800 bits per heavy atom. The molecule has 0 aromatic heterocycles. The predicted octanol–water partition coefficient (Wildman–Crippen LogP) is -5.70. The SMILES string of the molecule is CC(C)[C@H](NC(=O)[C@@H](NC(=O)[C@@H](N)CO)[C@@H](C)O)C(=O)N[C@@H](CC(N)=O)C(=O)N[C@@H](CCCN=C(N)N)C(=O)O. The van der Waals surface area contributed by atoms with Crippen LogP contribution in [0, 0.1) is 5.92 Å². The molecule has 0 aromatic rings. The second-order valence-electron chi connectivity index (χ2n) is 9.33. The fourth-order valence-corrected chi connectivity index (χ4v) is 3.23. The molecule has 0 saturated heterocycles. The summed E-state index contributed by atoms with van der Waals surface area (Å²) in [4.78, 5) is 77.6. The van der Waals surface area contributed by atoms with Crippen molar-refractivity contribution in [2.45, 2.75) is 76.3 Å². The number of amides is 5. The number of nitrogens with two attached hydrogens (primary N) is 4. The Balaban J connectivity index is 5.67. The Hall–Kier alpha value is -4.03. The van der Waals surface area contributed by atoms with Gasteiger partial charge in [-0.15, -0.1) is 0 Å². The third-order valence-corrected chi connectivity index (χ3v) is 5.44. The summed E-state index contributed by atoms with van der Waals surface area (Å²) in [5, 5.41) is 37.5. The summed E-state index contributed by atoms with van der Waals surface area (Å²) in [7, 11) is 0. The molecule has 0 aliphatic carbocycles. The van der Waals surface area contributed by atoms with Crippen molar-refractivity contribution in [1.82, 2.24) is 21.3 Å². The molecule has 0 aliphatic heterocycles. The van der Waals surface area contributed by atoms with Gasteiger partial charge in [0.1, 0.15) is 30.2 Å². The summed E-state index contributed by atoms with van der Waals surface area (Å²) in [6, 6.07) is -7.27. The van der Waals surface area contributed by atoms with Crippen molar-refractivity contribution in [2.24, 2.45) is 33.8 Å². The summed E-state index contributed by atoms with van der Waals surface area (Å²) >= 11 is 0. The molecule has 0 rings (SSSR count). The number of aliphatic hydroxyl groups excluding tert-OH is 2. The molecule has 0 aromatic carbocycles. The smallest absolute Gasteiger partial charge is 0.326 e. The van der Waals surface area contributed by atoms with Crippen LogP contribution in [-0.4, -0.2) is 106 Å². The van der Waals surface area contributed by atoms with Crippen LogP contribution in [0.1, 0.15) is 40.0 Å². The van der Waals surface area contributed by atoms with Crippen LogP contribution in [0.2, 0.25) is 0 Å². The maximum atomic E-state index is 13.1. The van der Waals surface area contributed by atoms with Crippen molar-refractivity contribution in [3.05, 3.63) is 0 Å². The fourth-order valence-electron chi connectivity index (χ4n) is 3.23. The lowest BCUT2D eigenvalue weighted by atomic mass is 10.0. The molecule has 0 bridgehead atoms. The average molecular weight is 576 g/mol. The van der Waals surface area contributed by atoms with Gasteiger partial charge in [-0.3, -0.25) is 29.0 Å². The molecule has 0 radical (unpaired) electrons. The van der Waals surface area contributed by atoms with Gasteiger partial charge in [0, 0.05) is 6.54 Å². The number of aliphatic imine (C=N–C) groups is 1. The normalized spacial score (nSPS) is 15.4. The van der Waals surface area contributed by atoms with E-state index in [0.717, 1.165) is 0 Å². The number of carbonyl (C=O) groups excluding carboxylic acids is 5. The van der Waals surface area contributed by atoms with Crippen LogP contribution in [0.4, 0.5) is 0 Å². The van der Waals surface area contributed by atoms with Crippen molar-refractivity contribution >= 4 is 41.5 Å². The van der Waals surface area contributed by atoms with Gasteiger partial charge >= 0.3 is 5.97 Å². The number of hydrogen-bond donors (Lipinski definition) is 11. The van der Waals surface area contributed by atoms with Crippen LogP contribution in [0.3, 0.4) is 0 Å². The Morgan fingerprint density at radius 2 is 1.32 bits per heavy atom. The van der Waals surface area contributed by atoms with E-state index < -0.39 is 90.8 Å². The number of primary amides is 1. The number of hydrogen-bond acceptors (Lipinski definition) is 10. The minimum atomic E-state index is -1.60. The number of rotatable bonds is 18. The van der Waals surface area contributed by atoms with Crippen molar-refractivity contribution < 1.29 is 44.1 Å². The van der Waals surface area contributed by atoms with Gasteiger partial charge in [-0.1, -0.05) is 13.8 Å². The second kappa shape index (κ2) is 17.5. The Bertz CT molecular complexity index is 939. The zero-order valence-corrected chi connectivity index (χ0v) is 22.6. The summed E-state index contributed by atoms with van der Waals surface area (Å²) < 4.78 is 0. The number of carboxylic acids is 1. The monoisotopic (exact) mass is 575 g/mol. The minimum absolute atomic E-state index is 0.0772. The highest BCUT2D eigenvalue weighted by molar-refractivity contribution is 5.97. The van der Waals surface area contributed by atoms with Gasteiger partial charge in [-0.25, -0.2) is 4.79 Å². The van der Waals surface area contributed by atoms with Crippen LogP contribution in [0.25, 0.3) is 0 Å². The van der Waals surface area contributed by atoms with Gasteiger partial charge in [0.05, 0.1) is 19.1 Å². The van der Waals surface area contributed by atoms with Gasteiger partial charge in [-0.05, 0) is 25.7 Å². The molecule has 0 heterocycles. The zero-order chi connectivity index (χ0) is 31.2. The van der Waals surface area contributed by atoms with E-state index in [1.807, 2.05) is 0 Å². The summed E-state index contributed by atoms with van der Waals surface area (Å²) in [6.45, 7) is 3.66. The van der Waals surface area contributed by atoms with Crippen molar-refractivity contribution in [1.29, 1.82) is 0 Å². The maximum absolute atomic E-state index is 13.1. The van der Waals surface area contributed by atoms with Gasteiger partial charge in [0.15, 0.2) is 5.96 Å². The highest BCUT2D eigenvalue weighted by Gasteiger charge is 2.34. The van der Waals surface area contributed by atoms with E-state index in [0.29, 0.717) is 0 Å². The number of nitrogens with zero attached hydrogens (tertiary/aromatic N) is 1. The van der Waals surface area contributed by atoms with Gasteiger partial charge in [0.25, 0.3) is 0 Å². The van der Waals surface area contributed by atoms with Crippen molar-refractivity contribution in [2.75, 3.05) is 13.2 Å². The molecule has 0 fully saturated rings. The Morgan fingerprint density at radius 3 is 1.77 bits per heavy atom. The van der Waals surface area contributed by atoms with E-state index in [-0.39, 0.29) is 25.3 Å². The Labute approximate surface area is 230 Å². The molecular weight excluding hydrogens is 534 g/mol. The second-order valence-corrected chi connectivity index (χ2v) is 9.33. The molecule has 228 valence electrons. The third-order valence-electron chi connectivity index (χ3n) is 5.44. The number of guanidine groups is 1. The molecule has 6 atom stereocenters. The molecule has 0 spiro atoms. The van der Waals surface area contributed by atoms with Gasteiger partial charge in [0.2, 0.25) is 29.5 Å². The topological polar surface area (TPSA) is 328 Å². The van der Waals surface area contributed by atoms with E-state index in [2.05, 4.69) is 26.3 Å². The number of aliphatic hydroxyl groups is 2. The molecular formula is C22H41N9O9. The molecule has 18 nitrogen and oxygen atoms in total. The lowest BCUT2D eigenvalue weighted by Gasteiger charge is -2.28. The number of nitrogens with one attached hydrogen (secondary N) is 4. The highest BCUT2D eigenvalue weighted by atomic mass is 16.4. The summed E-state index contributed by atoms with van der Waals surface area (Å²) in [5.41, 5.74) is 21.1. The molecule has 0 aliphatic rings. The molecule has 40 heavy (non-hydrogen) atoms. The quantitative estimate of drug-likeness (QED) is 0.0414. The number of carboxylic acid groups (broad SMARTS) is 1. The third kappa shape index (κ3) is 13.2. The minimum Gasteiger partial charge on any atom is -0.480 e. The first-order valence-electron chi connectivity index (χ1n) is 12.3. The molecule has 0 saturated carbocycles. The molecule has 18 heteroatoms. The lowest BCUT2D eigenvalue weighted by molar-refractivity contribution is -0.142.